The summed E-state index contributed by atoms with van der Waals surface area (Å²) >= 11 is 0. The van der Waals surface area contributed by atoms with E-state index in [1.54, 1.807) is 0 Å². The predicted molar refractivity (Wildman–Crippen MR) is 53.5 cm³/mol. The second-order valence-electron chi connectivity index (χ2n) is 4.17. The molecule has 0 spiro atoms. The van der Waals surface area contributed by atoms with Crippen LogP contribution >= 0.6 is 0 Å². The van der Waals surface area contributed by atoms with Crippen LogP contribution in [0.3, 0.4) is 0 Å². The molecule has 5 heteroatoms. The van der Waals surface area contributed by atoms with E-state index in [0.29, 0.717) is 5.92 Å². The second kappa shape index (κ2) is 3.62. The highest BCUT2D eigenvalue weighted by Crippen LogP contribution is 2.36. The summed E-state index contributed by atoms with van der Waals surface area (Å²) < 4.78 is 11.7. The van der Waals surface area contributed by atoms with E-state index in [2.05, 4.69) is 5.32 Å². The standard InChI is InChI=1S/C9H15NO3S/c1-5-8(6-2-3-6)10-7(9(11)12)4-14(5)13/h5-8,10H,2-4H2,1H3,(H,11,12). The number of rotatable bonds is 2. The Morgan fingerprint density at radius 1 is 1.50 bits per heavy atom. The highest BCUT2D eigenvalue weighted by Gasteiger charge is 2.43. The molecule has 2 fully saturated rings. The normalized spacial score (nSPS) is 43.5. The van der Waals surface area contributed by atoms with Gasteiger partial charge < -0.3 is 5.11 Å². The van der Waals surface area contributed by atoms with Crippen molar-refractivity contribution < 1.29 is 14.1 Å². The lowest BCUT2D eigenvalue weighted by atomic mass is 10.1. The van der Waals surface area contributed by atoms with E-state index in [-0.39, 0.29) is 17.0 Å². The molecule has 2 rings (SSSR count). The van der Waals surface area contributed by atoms with E-state index in [1.165, 1.54) is 0 Å². The van der Waals surface area contributed by atoms with Gasteiger partial charge in [-0.3, -0.25) is 14.3 Å². The molecule has 0 bridgehead atoms. The summed E-state index contributed by atoms with van der Waals surface area (Å²) in [5.74, 6) is -0.0771. The Morgan fingerprint density at radius 3 is 2.64 bits per heavy atom. The molecule has 4 unspecified atom stereocenters. The molecule has 0 radical (unpaired) electrons. The summed E-state index contributed by atoms with van der Waals surface area (Å²) in [7, 11) is -0.990. The van der Waals surface area contributed by atoms with Gasteiger partial charge in [0.2, 0.25) is 0 Å². The van der Waals surface area contributed by atoms with Gasteiger partial charge in [0.15, 0.2) is 0 Å². The Balaban J connectivity index is 2.08. The first-order valence-electron chi connectivity index (χ1n) is 4.95. The van der Waals surface area contributed by atoms with Gasteiger partial charge in [-0.15, -0.1) is 0 Å². The van der Waals surface area contributed by atoms with Crippen LogP contribution in [0.25, 0.3) is 0 Å². The van der Waals surface area contributed by atoms with Crippen molar-refractivity contribution in [2.45, 2.75) is 37.1 Å². The summed E-state index contributed by atoms with van der Waals surface area (Å²) in [6, 6.07) is -0.469. The van der Waals surface area contributed by atoms with Gasteiger partial charge >= 0.3 is 5.97 Å². The molecule has 2 N–H and O–H groups in total. The van der Waals surface area contributed by atoms with Crippen molar-refractivity contribution in [3.63, 3.8) is 0 Å². The molecule has 0 amide bonds. The Morgan fingerprint density at radius 2 is 2.14 bits per heavy atom. The van der Waals surface area contributed by atoms with Gasteiger partial charge in [0.25, 0.3) is 0 Å². The third-order valence-corrected chi connectivity index (χ3v) is 4.86. The Kier molecular flexibility index (Phi) is 2.62. The minimum Gasteiger partial charge on any atom is -0.480 e. The lowest BCUT2D eigenvalue weighted by molar-refractivity contribution is -0.139. The Labute approximate surface area is 85.5 Å². The van der Waals surface area contributed by atoms with Gasteiger partial charge in [-0.2, -0.15) is 0 Å². The third-order valence-electron chi connectivity index (χ3n) is 3.07. The van der Waals surface area contributed by atoms with Gasteiger partial charge in [-0.25, -0.2) is 0 Å². The van der Waals surface area contributed by atoms with Gasteiger partial charge in [-0.1, -0.05) is 0 Å². The molecule has 80 valence electrons. The molecule has 1 aliphatic heterocycles. The van der Waals surface area contributed by atoms with Crippen molar-refractivity contribution in [2.75, 3.05) is 5.75 Å². The minimum absolute atomic E-state index is 0.0955. The van der Waals surface area contributed by atoms with E-state index in [4.69, 9.17) is 5.11 Å². The van der Waals surface area contributed by atoms with Gasteiger partial charge in [0, 0.05) is 27.8 Å². The van der Waals surface area contributed by atoms with Crippen LogP contribution in [-0.4, -0.2) is 38.4 Å². The van der Waals surface area contributed by atoms with Crippen LogP contribution in [0.4, 0.5) is 0 Å². The van der Waals surface area contributed by atoms with Crippen LogP contribution in [0.15, 0.2) is 0 Å². The van der Waals surface area contributed by atoms with Gasteiger partial charge in [-0.05, 0) is 25.7 Å². The number of hydrogen-bond donors (Lipinski definition) is 2. The fraction of sp³-hybridized carbons (Fsp3) is 0.889. The SMILES string of the molecule is CC1C(C2CC2)NC(C(=O)O)CS1=O. The summed E-state index contributed by atoms with van der Waals surface area (Å²) in [6.07, 6.45) is 2.29. The van der Waals surface area contributed by atoms with E-state index in [0.717, 1.165) is 12.8 Å². The first-order chi connectivity index (χ1) is 6.59. The molecule has 0 aromatic rings. The van der Waals surface area contributed by atoms with E-state index in [9.17, 15) is 9.00 Å². The summed E-state index contributed by atoms with van der Waals surface area (Å²) in [5.41, 5.74) is 0. The monoisotopic (exact) mass is 217 g/mol. The molecule has 1 saturated carbocycles. The second-order valence-corrected chi connectivity index (χ2v) is 6.01. The maximum absolute atomic E-state index is 11.7. The molecule has 1 saturated heterocycles. The highest BCUT2D eigenvalue weighted by molar-refractivity contribution is 7.85. The van der Waals surface area contributed by atoms with Crippen molar-refractivity contribution in [3.8, 4) is 0 Å². The smallest absolute Gasteiger partial charge is 0.321 e. The number of carbonyl (C=O) groups is 1. The third kappa shape index (κ3) is 1.83. The van der Waals surface area contributed by atoms with Crippen LogP contribution in [-0.2, 0) is 15.6 Å². The minimum atomic E-state index is -0.990. The quantitative estimate of drug-likeness (QED) is 0.681. The summed E-state index contributed by atoms with van der Waals surface area (Å²) in [6.45, 7) is 1.95. The molecule has 1 aliphatic carbocycles. The molecule has 2 aliphatic rings. The van der Waals surface area contributed by atoms with Crippen LogP contribution in [0, 0.1) is 5.92 Å². The number of carboxylic acid groups (broad SMARTS) is 1. The lowest BCUT2D eigenvalue weighted by Crippen LogP contribution is -2.58. The molecule has 0 aromatic carbocycles. The Hall–Kier alpha value is -0.420. The predicted octanol–water partition coefficient (Wildman–Crippen LogP) is -0.0414. The average Bonchev–Trinajstić information content (AvgIpc) is 2.92. The zero-order valence-electron chi connectivity index (χ0n) is 8.10. The summed E-state index contributed by atoms with van der Waals surface area (Å²) in [5, 5.41) is 12.1. The van der Waals surface area contributed by atoms with Crippen molar-refractivity contribution in [2.24, 2.45) is 5.92 Å². The number of nitrogens with one attached hydrogen (secondary N) is 1. The van der Waals surface area contributed by atoms with Crippen LogP contribution in [0.1, 0.15) is 19.8 Å². The summed E-state index contributed by atoms with van der Waals surface area (Å²) in [4.78, 5) is 10.8. The number of hydrogen-bond acceptors (Lipinski definition) is 3. The molecular weight excluding hydrogens is 202 g/mol. The highest BCUT2D eigenvalue weighted by atomic mass is 32.2. The van der Waals surface area contributed by atoms with Gasteiger partial charge in [0.1, 0.15) is 6.04 Å². The average molecular weight is 217 g/mol. The molecule has 4 nitrogen and oxygen atoms in total. The maximum Gasteiger partial charge on any atom is 0.321 e. The van der Waals surface area contributed by atoms with Crippen molar-refractivity contribution in [1.29, 1.82) is 0 Å². The Bertz CT molecular complexity index is 277. The van der Waals surface area contributed by atoms with Crippen LogP contribution < -0.4 is 5.32 Å². The van der Waals surface area contributed by atoms with Gasteiger partial charge in [0.05, 0.1) is 0 Å². The van der Waals surface area contributed by atoms with Crippen molar-refractivity contribution in [1.82, 2.24) is 5.32 Å². The lowest BCUT2D eigenvalue weighted by Gasteiger charge is -2.33. The van der Waals surface area contributed by atoms with E-state index < -0.39 is 22.8 Å². The number of carboxylic acids is 1. The van der Waals surface area contributed by atoms with E-state index >= 15 is 0 Å². The fourth-order valence-corrected chi connectivity index (χ4v) is 3.51. The molecule has 0 aromatic heterocycles. The van der Waals surface area contributed by atoms with E-state index in [1.807, 2.05) is 6.92 Å². The maximum atomic E-state index is 11.7. The fourth-order valence-electron chi connectivity index (χ4n) is 2.01. The molecule has 1 heterocycles. The first-order valence-corrected chi connectivity index (χ1v) is 6.34. The zero-order chi connectivity index (χ0) is 10.3. The van der Waals surface area contributed by atoms with Crippen molar-refractivity contribution >= 4 is 16.8 Å². The molecular formula is C9H15NO3S. The molecule has 14 heavy (non-hydrogen) atoms. The van der Waals surface area contributed by atoms with Crippen LogP contribution in [0.2, 0.25) is 0 Å². The largest absolute Gasteiger partial charge is 0.480 e. The first kappa shape index (κ1) is 10.1. The van der Waals surface area contributed by atoms with Crippen LogP contribution in [0.5, 0.6) is 0 Å². The topological polar surface area (TPSA) is 66.4 Å². The number of aliphatic carboxylic acids is 1. The van der Waals surface area contributed by atoms with Crippen molar-refractivity contribution in [3.05, 3.63) is 0 Å². The zero-order valence-corrected chi connectivity index (χ0v) is 8.92. The molecule has 4 atom stereocenters.